The minimum Gasteiger partial charge on any atom is -0.507 e. The minimum atomic E-state index is -0.917. The highest BCUT2D eigenvalue weighted by Crippen LogP contribution is 2.72. The largest absolute Gasteiger partial charge is 0.507 e. The molecule has 2 amide bonds. The van der Waals surface area contributed by atoms with Gasteiger partial charge >= 0.3 is 6.09 Å². The number of phenols is 1. The van der Waals surface area contributed by atoms with E-state index in [1.165, 1.54) is 0 Å². The van der Waals surface area contributed by atoms with Crippen molar-refractivity contribution in [2.45, 2.75) is 108 Å². The minimum absolute atomic E-state index is 0.00659. The maximum absolute atomic E-state index is 13.7. The van der Waals surface area contributed by atoms with Gasteiger partial charge < -0.3 is 44.2 Å². The van der Waals surface area contributed by atoms with Crippen molar-refractivity contribution in [3.8, 4) is 34.8 Å². The molecule has 2 aromatic carbocycles. The van der Waals surface area contributed by atoms with Crippen LogP contribution in [0.2, 0.25) is 0 Å². The molecular weight excluding hydrogens is 658 g/mol. The predicted molar refractivity (Wildman–Crippen MR) is 181 cm³/mol. The Balaban J connectivity index is 1.26. The number of phenolic OH excluding ortho intramolecular Hbond substituents is 1. The first-order chi connectivity index (χ1) is 24.2. The van der Waals surface area contributed by atoms with Gasteiger partial charge in [-0.05, 0) is 71.6 Å². The van der Waals surface area contributed by atoms with E-state index in [4.69, 9.17) is 28.4 Å². The zero-order chi connectivity index (χ0) is 36.4. The number of aryl methyl sites for hydroxylation is 1. The number of hydrogen-bond donors (Lipinski definition) is 3. The molecule has 1 spiro atoms. The molecule has 14 heteroatoms. The Bertz CT molecular complexity index is 1900. The third-order valence-corrected chi connectivity index (χ3v) is 11.5. The van der Waals surface area contributed by atoms with E-state index < -0.39 is 41.3 Å². The second-order valence-electron chi connectivity index (χ2n) is 15.6. The Kier molecular flexibility index (Phi) is 7.44. The summed E-state index contributed by atoms with van der Waals surface area (Å²) in [6.07, 6.45) is 0.699. The van der Waals surface area contributed by atoms with Crippen LogP contribution in [-0.4, -0.2) is 91.0 Å². The fraction of sp³-hybridized carbons (Fsp3) is 0.595. The molecule has 2 bridgehead atoms. The number of nitriles is 1. The Morgan fingerprint density at radius 3 is 2.61 bits per heavy atom. The molecule has 2 saturated heterocycles. The lowest BCUT2D eigenvalue weighted by atomic mass is 9.75. The third-order valence-electron chi connectivity index (χ3n) is 11.5. The molecule has 3 fully saturated rings. The zero-order valence-corrected chi connectivity index (χ0v) is 30.3. The first-order valence-electron chi connectivity index (χ1n) is 17.4. The maximum Gasteiger partial charge on any atom is 0.408 e. The van der Waals surface area contributed by atoms with Crippen molar-refractivity contribution in [1.29, 1.82) is 5.26 Å². The average Bonchev–Trinajstić information content (AvgIpc) is 3.86. The smallest absolute Gasteiger partial charge is 0.408 e. The van der Waals surface area contributed by atoms with E-state index in [1.807, 2.05) is 13.8 Å². The van der Waals surface area contributed by atoms with E-state index in [-0.39, 0.29) is 37.0 Å². The van der Waals surface area contributed by atoms with Gasteiger partial charge in [-0.15, -0.1) is 0 Å². The molecule has 2 aromatic rings. The number of hydrogen-bond acceptors (Lipinski definition) is 12. The summed E-state index contributed by atoms with van der Waals surface area (Å²) in [5, 5.41) is 28.7. The molecule has 51 heavy (non-hydrogen) atoms. The highest BCUT2D eigenvalue weighted by Gasteiger charge is 2.75. The molecule has 3 unspecified atom stereocenters. The molecule has 0 radical (unpaired) electrons. The molecule has 8 rings (SSSR count). The van der Waals surface area contributed by atoms with Crippen LogP contribution in [0.4, 0.5) is 4.79 Å². The summed E-state index contributed by atoms with van der Waals surface area (Å²) in [5.74, 6) is 1.98. The van der Waals surface area contributed by atoms with Crippen molar-refractivity contribution in [2.75, 3.05) is 34.4 Å². The van der Waals surface area contributed by atoms with Crippen LogP contribution in [0, 0.1) is 25.2 Å². The van der Waals surface area contributed by atoms with E-state index in [0.717, 1.165) is 28.8 Å². The fourth-order valence-electron chi connectivity index (χ4n) is 9.53. The zero-order valence-electron chi connectivity index (χ0n) is 30.3. The predicted octanol–water partition coefficient (Wildman–Crippen LogP) is 3.51. The van der Waals surface area contributed by atoms with Crippen LogP contribution < -0.4 is 29.6 Å². The molecule has 14 nitrogen and oxygen atoms in total. The first-order valence-corrected chi connectivity index (χ1v) is 17.4. The van der Waals surface area contributed by atoms with Crippen molar-refractivity contribution < 1.29 is 43.1 Å². The summed E-state index contributed by atoms with van der Waals surface area (Å²) in [6, 6.07) is 2.38. The number of fused-ring (bicyclic) bond motifs is 9. The standard InChI is InChI=1S/C37H45N5O9/c1-17-9-22-25(31(29(17)47-8)48-15-46-7)27-23-10-21-26(32-30(49-16-50-32)18(2)28(21)43)37(42(23)20(13-38)11-36(22)14-41(27)36)12-24(37)40-33(44)19(3)39-34(45)51-35(4,5)6/h9,19-20,23-24,27,43H,10-12,14-16H2,1-8H3,(H,39,45)(H,40,44)/t19-,20+,23?,24-,27-,36-,37?,41?/m0/s1. The number of carbonyl (C=O) groups excluding carboxylic acids is 2. The summed E-state index contributed by atoms with van der Waals surface area (Å²) in [7, 11) is 3.21. The molecule has 8 atom stereocenters. The van der Waals surface area contributed by atoms with Crippen molar-refractivity contribution in [1.82, 2.24) is 20.4 Å². The molecular formula is C37H45N5O9. The van der Waals surface area contributed by atoms with Gasteiger partial charge in [0.05, 0.1) is 36.3 Å². The van der Waals surface area contributed by atoms with Gasteiger partial charge in [0, 0.05) is 48.4 Å². The molecule has 272 valence electrons. The number of nitrogens with one attached hydrogen (secondary N) is 2. The van der Waals surface area contributed by atoms with Gasteiger partial charge in [-0.1, -0.05) is 0 Å². The average molecular weight is 704 g/mol. The van der Waals surface area contributed by atoms with Crippen LogP contribution in [0.1, 0.15) is 80.0 Å². The molecule has 1 saturated carbocycles. The SMILES string of the molecule is COCOc1c(OC)c(C)cc2c1[C@@H]1C3Cc4c(O)c(C)c5c(c4C4(C[C@@H]4NC(=O)[C@H](C)NC(=O)OC(C)(C)C)N3[C@@H](C#N)C[C@]23CN13)OCO5. The fourth-order valence-corrected chi connectivity index (χ4v) is 9.53. The number of benzene rings is 2. The van der Waals surface area contributed by atoms with E-state index in [9.17, 15) is 20.0 Å². The van der Waals surface area contributed by atoms with Crippen LogP contribution in [0.15, 0.2) is 6.07 Å². The van der Waals surface area contributed by atoms with Gasteiger partial charge in [0.2, 0.25) is 12.7 Å². The number of aromatic hydroxyl groups is 1. The summed E-state index contributed by atoms with van der Waals surface area (Å²) in [5.41, 5.74) is 3.08. The van der Waals surface area contributed by atoms with Crippen LogP contribution in [-0.2, 0) is 31.8 Å². The number of methoxy groups -OCH3 is 2. The number of carbonyl (C=O) groups is 2. The molecule has 3 N–H and O–H groups in total. The Labute approximate surface area is 296 Å². The topological polar surface area (TPSA) is 164 Å². The first kappa shape index (κ1) is 33.7. The number of rotatable bonds is 7. The maximum atomic E-state index is 13.7. The highest BCUT2D eigenvalue weighted by molar-refractivity contribution is 5.86. The van der Waals surface area contributed by atoms with Gasteiger partial charge in [-0.3, -0.25) is 14.6 Å². The van der Waals surface area contributed by atoms with Gasteiger partial charge in [0.25, 0.3) is 0 Å². The monoisotopic (exact) mass is 703 g/mol. The molecule has 5 aliphatic heterocycles. The summed E-state index contributed by atoms with van der Waals surface area (Å²) >= 11 is 0. The lowest BCUT2D eigenvalue weighted by Crippen LogP contribution is -2.59. The van der Waals surface area contributed by atoms with Gasteiger partial charge in [0.15, 0.2) is 29.8 Å². The summed E-state index contributed by atoms with van der Waals surface area (Å²) in [4.78, 5) is 31.0. The van der Waals surface area contributed by atoms with Crippen molar-refractivity contribution in [3.05, 3.63) is 39.4 Å². The highest BCUT2D eigenvalue weighted by atomic mass is 16.7. The molecule has 1 aliphatic carbocycles. The normalized spacial score (nSPS) is 30.8. The van der Waals surface area contributed by atoms with Crippen molar-refractivity contribution in [3.63, 3.8) is 0 Å². The van der Waals surface area contributed by atoms with E-state index in [2.05, 4.69) is 32.6 Å². The molecule has 5 heterocycles. The van der Waals surface area contributed by atoms with Crippen LogP contribution >= 0.6 is 0 Å². The lowest BCUT2D eigenvalue weighted by molar-refractivity contribution is -0.123. The number of alkyl carbamates (subject to hydrolysis) is 1. The number of nitrogens with zero attached hydrogens (tertiary/aromatic N) is 3. The number of amides is 2. The second kappa shape index (κ2) is 11.3. The van der Waals surface area contributed by atoms with Crippen molar-refractivity contribution >= 4 is 12.0 Å². The second-order valence-corrected chi connectivity index (χ2v) is 15.6. The van der Waals surface area contributed by atoms with E-state index in [1.54, 1.807) is 41.9 Å². The Morgan fingerprint density at radius 1 is 1.18 bits per heavy atom. The van der Waals surface area contributed by atoms with E-state index >= 15 is 0 Å². The number of ether oxygens (including phenoxy) is 6. The third kappa shape index (κ3) is 4.70. The summed E-state index contributed by atoms with van der Waals surface area (Å²) in [6.45, 7) is 11.5. The van der Waals surface area contributed by atoms with Gasteiger partial charge in [-0.25, -0.2) is 4.79 Å². The van der Waals surface area contributed by atoms with Gasteiger partial charge in [0.1, 0.15) is 23.4 Å². The summed E-state index contributed by atoms with van der Waals surface area (Å²) < 4.78 is 35.0. The quantitative estimate of drug-likeness (QED) is 0.285. The molecule has 6 aliphatic rings. The van der Waals surface area contributed by atoms with Crippen LogP contribution in [0.5, 0.6) is 28.7 Å². The lowest BCUT2D eigenvalue weighted by Gasteiger charge is -2.49. The Hall–Kier alpha value is -4.45. The van der Waals surface area contributed by atoms with E-state index in [0.29, 0.717) is 53.4 Å². The van der Waals surface area contributed by atoms with Crippen molar-refractivity contribution in [2.24, 2.45) is 0 Å². The van der Waals surface area contributed by atoms with Crippen LogP contribution in [0.25, 0.3) is 0 Å². The molecule has 0 aromatic heterocycles. The van der Waals surface area contributed by atoms with Gasteiger partial charge in [-0.2, -0.15) is 5.26 Å². The Morgan fingerprint density at radius 2 is 1.92 bits per heavy atom. The van der Waals surface area contributed by atoms with Crippen LogP contribution in [0.3, 0.4) is 0 Å².